The lowest BCUT2D eigenvalue weighted by Crippen LogP contribution is -2.38. The lowest BCUT2D eigenvalue weighted by atomic mass is 10.5. The smallest absolute Gasteiger partial charge is 0.331 e. The highest BCUT2D eigenvalue weighted by Crippen LogP contribution is 2.23. The molecule has 1 aromatic rings. The predicted octanol–water partition coefficient (Wildman–Crippen LogP) is -1.25. The highest BCUT2D eigenvalue weighted by Gasteiger charge is 2.46. The van der Waals surface area contributed by atoms with Crippen LogP contribution in [0.2, 0.25) is 0 Å². The maximum absolute atomic E-state index is 11.8. The molecule has 1 aliphatic rings. The van der Waals surface area contributed by atoms with Gasteiger partial charge in [-0.2, -0.15) is 5.21 Å². The van der Waals surface area contributed by atoms with Crippen LogP contribution in [0.4, 0.5) is 10.7 Å². The fourth-order valence-electron chi connectivity index (χ4n) is 1.55. The van der Waals surface area contributed by atoms with Crippen LogP contribution in [0, 0.1) is 0 Å². The third-order valence-electron chi connectivity index (χ3n) is 2.30. The molecule has 2 N–H and O–H groups in total. The van der Waals surface area contributed by atoms with Crippen LogP contribution in [0.15, 0.2) is 0 Å². The molecule has 1 saturated heterocycles. The zero-order valence-corrected chi connectivity index (χ0v) is 8.86. The van der Waals surface area contributed by atoms with Crippen molar-refractivity contribution in [2.75, 3.05) is 18.6 Å². The van der Waals surface area contributed by atoms with Crippen LogP contribution < -0.4 is 4.90 Å². The number of aliphatic hydroxyl groups is 1. The van der Waals surface area contributed by atoms with E-state index in [-0.39, 0.29) is 5.95 Å². The molecule has 2 rings (SSSR count). The molecule has 16 heavy (non-hydrogen) atoms. The molecule has 0 radical (unpaired) electrons. The van der Waals surface area contributed by atoms with Crippen LogP contribution in [0.1, 0.15) is 6.92 Å². The second-order valence-corrected chi connectivity index (χ2v) is 3.23. The third kappa shape index (κ3) is 1.49. The molecule has 2 amide bonds. The number of carbonyl (C=O) groups excluding carboxylic acids is 1. The molecule has 0 aromatic carbocycles. The van der Waals surface area contributed by atoms with Gasteiger partial charge in [0.25, 0.3) is 5.95 Å². The van der Waals surface area contributed by atoms with Gasteiger partial charge in [-0.1, -0.05) is 5.10 Å². The van der Waals surface area contributed by atoms with Crippen molar-refractivity contribution in [3.8, 4) is 0 Å². The molecule has 9 nitrogen and oxygen atoms in total. The number of H-pyrrole nitrogens is 1. The summed E-state index contributed by atoms with van der Waals surface area (Å²) >= 11 is 0. The Morgan fingerprint density at radius 2 is 2.38 bits per heavy atom. The van der Waals surface area contributed by atoms with Crippen LogP contribution in [0.3, 0.4) is 0 Å². The highest BCUT2D eigenvalue weighted by atomic mass is 16.5. The average Bonchev–Trinajstić information content (AvgIpc) is 2.83. The molecule has 0 aliphatic carbocycles. The number of hydrogen-bond donors (Lipinski definition) is 2. The van der Waals surface area contributed by atoms with Crippen molar-refractivity contribution in [1.82, 2.24) is 25.5 Å². The fourth-order valence-corrected chi connectivity index (χ4v) is 1.55. The van der Waals surface area contributed by atoms with Crippen molar-refractivity contribution in [3.63, 3.8) is 0 Å². The number of aliphatic hydroxyl groups excluding tert-OH is 1. The first kappa shape index (κ1) is 10.8. The number of aromatic amines is 1. The van der Waals surface area contributed by atoms with Crippen molar-refractivity contribution in [2.24, 2.45) is 0 Å². The molecule has 2 atom stereocenters. The van der Waals surface area contributed by atoms with Gasteiger partial charge in [-0.05, 0) is 12.1 Å². The van der Waals surface area contributed by atoms with Crippen molar-refractivity contribution in [1.29, 1.82) is 0 Å². The van der Waals surface area contributed by atoms with Gasteiger partial charge >= 0.3 is 6.03 Å². The summed E-state index contributed by atoms with van der Waals surface area (Å²) in [5, 5.41) is 22.7. The first-order chi connectivity index (χ1) is 7.66. The molecule has 88 valence electrons. The zero-order chi connectivity index (χ0) is 11.7. The number of carbonyl (C=O) groups is 1. The van der Waals surface area contributed by atoms with Crippen molar-refractivity contribution >= 4 is 12.0 Å². The van der Waals surface area contributed by atoms with Gasteiger partial charge in [-0.15, -0.1) is 5.10 Å². The molecule has 1 fully saturated rings. The summed E-state index contributed by atoms with van der Waals surface area (Å²) in [5.41, 5.74) is 0. The first-order valence-corrected chi connectivity index (χ1v) is 4.76. The number of ether oxygens (including phenoxy) is 1. The first-order valence-electron chi connectivity index (χ1n) is 4.76. The molecule has 1 aliphatic heterocycles. The standard InChI is InChI=1S/C7H12N6O3/c1-3-16-5-4(14)13(7(15)12(5)2)6-8-10-11-9-6/h4-5,14H,3H2,1-2H3,(H,8,9,10,11). The van der Waals surface area contributed by atoms with E-state index in [0.717, 1.165) is 4.90 Å². The number of likely N-dealkylation sites (N-methyl/N-ethyl adjacent to an activating group) is 1. The van der Waals surface area contributed by atoms with E-state index in [9.17, 15) is 9.90 Å². The predicted molar refractivity (Wildman–Crippen MR) is 51.2 cm³/mol. The number of anilines is 1. The number of nitrogens with one attached hydrogen (secondary N) is 1. The van der Waals surface area contributed by atoms with E-state index >= 15 is 0 Å². The normalized spacial score (nSPS) is 25.6. The number of hydrogen-bond acceptors (Lipinski definition) is 6. The van der Waals surface area contributed by atoms with Crippen LogP contribution in [-0.2, 0) is 4.74 Å². The van der Waals surface area contributed by atoms with E-state index in [0.29, 0.717) is 6.61 Å². The van der Waals surface area contributed by atoms with E-state index in [2.05, 4.69) is 20.6 Å². The quantitative estimate of drug-likeness (QED) is 0.669. The Morgan fingerprint density at radius 1 is 1.62 bits per heavy atom. The summed E-state index contributed by atoms with van der Waals surface area (Å²) in [7, 11) is 1.53. The number of urea groups is 1. The average molecular weight is 228 g/mol. The fraction of sp³-hybridized carbons (Fsp3) is 0.714. The molecule has 0 saturated carbocycles. The Bertz CT molecular complexity index is 368. The molecule has 2 unspecified atom stereocenters. The summed E-state index contributed by atoms with van der Waals surface area (Å²) in [6.45, 7) is 2.17. The number of amides is 2. The van der Waals surface area contributed by atoms with Crippen molar-refractivity contribution in [2.45, 2.75) is 19.4 Å². The zero-order valence-electron chi connectivity index (χ0n) is 8.86. The summed E-state index contributed by atoms with van der Waals surface area (Å²) in [6.07, 6.45) is -1.87. The van der Waals surface area contributed by atoms with Gasteiger partial charge in [-0.3, -0.25) is 4.90 Å². The van der Waals surface area contributed by atoms with E-state index in [1.165, 1.54) is 11.9 Å². The molecule has 9 heteroatoms. The molecular formula is C7H12N6O3. The van der Waals surface area contributed by atoms with Gasteiger partial charge in [0.15, 0.2) is 12.5 Å². The number of tetrazole rings is 1. The SMILES string of the molecule is CCOC1C(O)N(c2nn[nH]n2)C(=O)N1C. The van der Waals surface area contributed by atoms with E-state index in [1.54, 1.807) is 6.92 Å². The third-order valence-corrected chi connectivity index (χ3v) is 2.30. The van der Waals surface area contributed by atoms with Crippen molar-refractivity contribution in [3.05, 3.63) is 0 Å². The largest absolute Gasteiger partial charge is 0.369 e. The minimum absolute atomic E-state index is 0.0200. The Hall–Kier alpha value is -1.74. The van der Waals surface area contributed by atoms with Gasteiger partial charge in [0.1, 0.15) is 0 Å². The maximum atomic E-state index is 11.8. The molecule has 0 spiro atoms. The van der Waals surface area contributed by atoms with E-state index in [4.69, 9.17) is 4.74 Å². The van der Waals surface area contributed by atoms with Crippen LogP contribution >= 0.6 is 0 Å². The lowest BCUT2D eigenvalue weighted by Gasteiger charge is -2.19. The highest BCUT2D eigenvalue weighted by molar-refractivity contribution is 5.92. The lowest BCUT2D eigenvalue weighted by molar-refractivity contribution is -0.0689. The minimum Gasteiger partial charge on any atom is -0.369 e. The van der Waals surface area contributed by atoms with Crippen molar-refractivity contribution < 1.29 is 14.6 Å². The number of aromatic nitrogens is 4. The van der Waals surface area contributed by atoms with E-state index in [1.807, 2.05) is 0 Å². The summed E-state index contributed by atoms with van der Waals surface area (Å²) in [5.74, 6) is 0.0200. The Kier molecular flexibility index (Phi) is 2.71. The van der Waals surface area contributed by atoms with Crippen LogP contribution in [-0.4, -0.2) is 62.8 Å². The molecule has 1 aromatic heterocycles. The van der Waals surface area contributed by atoms with Gasteiger partial charge in [0.2, 0.25) is 0 Å². The summed E-state index contributed by atoms with van der Waals surface area (Å²) in [6, 6.07) is -0.438. The maximum Gasteiger partial charge on any atom is 0.331 e. The second kappa shape index (κ2) is 4.02. The Balaban J connectivity index is 2.25. The van der Waals surface area contributed by atoms with Gasteiger partial charge in [0, 0.05) is 13.7 Å². The van der Waals surface area contributed by atoms with Gasteiger partial charge in [-0.25, -0.2) is 9.69 Å². The molecule has 0 bridgehead atoms. The monoisotopic (exact) mass is 228 g/mol. The topological polar surface area (TPSA) is 107 Å². The number of nitrogens with zero attached hydrogens (tertiary/aromatic N) is 5. The van der Waals surface area contributed by atoms with Crippen LogP contribution in [0.5, 0.6) is 0 Å². The second-order valence-electron chi connectivity index (χ2n) is 3.23. The van der Waals surface area contributed by atoms with E-state index < -0.39 is 18.5 Å². The summed E-state index contributed by atoms with van der Waals surface area (Å²) in [4.78, 5) is 14.1. The van der Waals surface area contributed by atoms with Crippen LogP contribution in [0.25, 0.3) is 0 Å². The minimum atomic E-state index is -1.14. The molecular weight excluding hydrogens is 216 g/mol. The summed E-state index contributed by atoms with van der Waals surface area (Å²) < 4.78 is 5.25. The molecule has 2 heterocycles. The Labute approximate surface area is 91.0 Å². The number of rotatable bonds is 3. The Morgan fingerprint density at radius 3 is 2.94 bits per heavy atom. The van der Waals surface area contributed by atoms with Gasteiger partial charge < -0.3 is 9.84 Å². The van der Waals surface area contributed by atoms with Gasteiger partial charge in [0.05, 0.1) is 0 Å².